The lowest BCUT2D eigenvalue weighted by Gasteiger charge is -2.32. The van der Waals surface area contributed by atoms with Crippen molar-refractivity contribution >= 4 is 5.91 Å². The maximum Gasteiger partial charge on any atom is 0.391 e. The molecule has 2 aliphatic rings. The molecule has 1 amide bonds. The summed E-state index contributed by atoms with van der Waals surface area (Å²) in [7, 11) is 0. The molecule has 20 heavy (non-hydrogen) atoms. The average molecular weight is 292 g/mol. The van der Waals surface area contributed by atoms with E-state index < -0.39 is 12.1 Å². The van der Waals surface area contributed by atoms with Crippen molar-refractivity contribution in [2.24, 2.45) is 5.92 Å². The first-order valence-corrected chi connectivity index (χ1v) is 7.42. The van der Waals surface area contributed by atoms with Crippen molar-refractivity contribution in [3.8, 4) is 0 Å². The first kappa shape index (κ1) is 15.6. The summed E-state index contributed by atoms with van der Waals surface area (Å²) in [5.74, 6) is -1.18. The third-order valence-corrected chi connectivity index (χ3v) is 4.44. The molecule has 1 heterocycles. The molecule has 3 atom stereocenters. The fourth-order valence-corrected chi connectivity index (χ4v) is 3.29. The first-order valence-electron chi connectivity index (χ1n) is 7.42. The van der Waals surface area contributed by atoms with Crippen molar-refractivity contribution < 1.29 is 18.0 Å². The lowest BCUT2D eigenvalue weighted by Crippen LogP contribution is -2.47. The molecule has 0 aromatic heterocycles. The minimum Gasteiger partial charge on any atom is -0.339 e. The third-order valence-electron chi connectivity index (χ3n) is 4.44. The van der Waals surface area contributed by atoms with Gasteiger partial charge in [0.05, 0.1) is 12.0 Å². The minimum atomic E-state index is -4.11. The summed E-state index contributed by atoms with van der Waals surface area (Å²) in [5, 5.41) is 3.16. The first-order chi connectivity index (χ1) is 9.29. The molecule has 0 aromatic rings. The van der Waals surface area contributed by atoms with Crippen molar-refractivity contribution in [1.82, 2.24) is 10.2 Å². The summed E-state index contributed by atoms with van der Waals surface area (Å²) in [6, 6.07) is -0.325. The van der Waals surface area contributed by atoms with Crippen LogP contribution in [-0.4, -0.2) is 41.7 Å². The Kier molecular flexibility index (Phi) is 4.62. The molecule has 1 aliphatic carbocycles. The normalized spacial score (nSPS) is 32.2. The second kappa shape index (κ2) is 5.92. The topological polar surface area (TPSA) is 32.3 Å². The van der Waals surface area contributed by atoms with E-state index in [1.165, 1.54) is 0 Å². The molecule has 0 bridgehead atoms. The number of nitrogens with one attached hydrogen (secondary N) is 1. The van der Waals surface area contributed by atoms with Crippen LogP contribution in [0.4, 0.5) is 13.2 Å². The van der Waals surface area contributed by atoms with E-state index in [2.05, 4.69) is 5.32 Å². The summed E-state index contributed by atoms with van der Waals surface area (Å²) >= 11 is 0. The largest absolute Gasteiger partial charge is 0.391 e. The van der Waals surface area contributed by atoms with E-state index in [4.69, 9.17) is 0 Å². The number of nitrogens with zero attached hydrogens (tertiary/aromatic N) is 1. The maximum atomic E-state index is 12.8. The van der Waals surface area contributed by atoms with Gasteiger partial charge in [-0.3, -0.25) is 4.79 Å². The predicted molar refractivity (Wildman–Crippen MR) is 70.2 cm³/mol. The lowest BCUT2D eigenvalue weighted by molar-refractivity contribution is -0.183. The molecule has 1 aliphatic heterocycles. The molecule has 1 saturated heterocycles. The van der Waals surface area contributed by atoms with Gasteiger partial charge in [0.25, 0.3) is 0 Å². The monoisotopic (exact) mass is 292 g/mol. The molecule has 3 nitrogen and oxygen atoms in total. The van der Waals surface area contributed by atoms with Gasteiger partial charge in [0.15, 0.2) is 0 Å². The quantitative estimate of drug-likeness (QED) is 0.867. The number of rotatable bonds is 3. The highest BCUT2D eigenvalue weighted by atomic mass is 19.4. The zero-order valence-electron chi connectivity index (χ0n) is 12.0. The maximum absolute atomic E-state index is 12.8. The van der Waals surface area contributed by atoms with Crippen LogP contribution in [0.15, 0.2) is 0 Å². The average Bonchev–Trinajstić information content (AvgIpc) is 2.70. The molecule has 2 rings (SSSR count). The number of alkyl halides is 3. The van der Waals surface area contributed by atoms with Gasteiger partial charge in [0, 0.05) is 18.6 Å². The lowest BCUT2D eigenvalue weighted by atomic mass is 9.85. The fourth-order valence-electron chi connectivity index (χ4n) is 3.29. The van der Waals surface area contributed by atoms with Crippen molar-refractivity contribution in [2.45, 2.75) is 70.3 Å². The summed E-state index contributed by atoms with van der Waals surface area (Å²) in [5.41, 5.74) is 0. The molecule has 0 aromatic carbocycles. The van der Waals surface area contributed by atoms with Crippen LogP contribution in [0.1, 0.15) is 46.0 Å². The Balaban J connectivity index is 1.89. The minimum absolute atomic E-state index is 0.0362. The van der Waals surface area contributed by atoms with E-state index in [1.54, 1.807) is 4.90 Å². The SMILES string of the molecule is CC(C)N1CC[C@H](N[C@@H]2CCC[C@H](C(F)(F)F)C2)C1=O. The van der Waals surface area contributed by atoms with E-state index in [-0.39, 0.29) is 36.9 Å². The molecule has 0 spiro atoms. The van der Waals surface area contributed by atoms with E-state index in [1.807, 2.05) is 13.8 Å². The zero-order chi connectivity index (χ0) is 14.9. The molecule has 6 heteroatoms. The number of hydrogen-bond acceptors (Lipinski definition) is 2. The van der Waals surface area contributed by atoms with Crippen LogP contribution in [0.5, 0.6) is 0 Å². The van der Waals surface area contributed by atoms with Gasteiger partial charge in [-0.2, -0.15) is 13.2 Å². The molecule has 116 valence electrons. The molecule has 0 radical (unpaired) electrons. The van der Waals surface area contributed by atoms with Crippen molar-refractivity contribution in [3.05, 3.63) is 0 Å². The van der Waals surface area contributed by atoms with E-state index in [0.717, 1.165) is 6.42 Å². The van der Waals surface area contributed by atoms with E-state index in [9.17, 15) is 18.0 Å². The smallest absolute Gasteiger partial charge is 0.339 e. The number of carbonyl (C=O) groups is 1. The van der Waals surface area contributed by atoms with Crippen LogP contribution in [0.3, 0.4) is 0 Å². The number of hydrogen-bond donors (Lipinski definition) is 1. The molecule has 2 fully saturated rings. The summed E-state index contributed by atoms with van der Waals surface area (Å²) in [6.07, 6.45) is -1.77. The van der Waals surface area contributed by atoms with Crippen molar-refractivity contribution in [2.75, 3.05) is 6.54 Å². The van der Waals surface area contributed by atoms with Gasteiger partial charge in [-0.1, -0.05) is 6.42 Å². The van der Waals surface area contributed by atoms with E-state index >= 15 is 0 Å². The van der Waals surface area contributed by atoms with Gasteiger partial charge in [-0.05, 0) is 39.5 Å². The van der Waals surface area contributed by atoms with Gasteiger partial charge in [0.2, 0.25) is 5.91 Å². The summed E-state index contributed by atoms with van der Waals surface area (Å²) < 4.78 is 38.3. The summed E-state index contributed by atoms with van der Waals surface area (Å²) in [4.78, 5) is 13.9. The Morgan fingerprint density at radius 3 is 2.50 bits per heavy atom. The van der Waals surface area contributed by atoms with Gasteiger partial charge in [-0.25, -0.2) is 0 Å². The Morgan fingerprint density at radius 2 is 1.95 bits per heavy atom. The van der Waals surface area contributed by atoms with Gasteiger partial charge >= 0.3 is 6.18 Å². The van der Waals surface area contributed by atoms with E-state index in [0.29, 0.717) is 19.4 Å². The van der Waals surface area contributed by atoms with Crippen molar-refractivity contribution in [1.29, 1.82) is 0 Å². The second-order valence-electron chi connectivity index (χ2n) is 6.24. The number of carbonyl (C=O) groups excluding carboxylic acids is 1. The highest BCUT2D eigenvalue weighted by Crippen LogP contribution is 2.37. The zero-order valence-corrected chi connectivity index (χ0v) is 12.0. The molecular formula is C14H23F3N2O. The highest BCUT2D eigenvalue weighted by Gasteiger charge is 2.43. The number of amides is 1. The fraction of sp³-hybridized carbons (Fsp3) is 0.929. The van der Waals surface area contributed by atoms with Crippen LogP contribution in [-0.2, 0) is 4.79 Å². The Bertz CT molecular complexity index is 357. The van der Waals surface area contributed by atoms with Crippen LogP contribution in [0.2, 0.25) is 0 Å². The Morgan fingerprint density at radius 1 is 1.25 bits per heavy atom. The second-order valence-corrected chi connectivity index (χ2v) is 6.24. The van der Waals surface area contributed by atoms with Crippen LogP contribution in [0, 0.1) is 5.92 Å². The predicted octanol–water partition coefficient (Wildman–Crippen LogP) is 2.71. The molecular weight excluding hydrogens is 269 g/mol. The highest BCUT2D eigenvalue weighted by molar-refractivity contribution is 5.84. The van der Waals surface area contributed by atoms with Crippen LogP contribution >= 0.6 is 0 Å². The molecule has 0 unspecified atom stereocenters. The Hall–Kier alpha value is -0.780. The van der Waals surface area contributed by atoms with Crippen LogP contribution in [0.25, 0.3) is 0 Å². The van der Waals surface area contributed by atoms with Gasteiger partial charge < -0.3 is 10.2 Å². The Labute approximate surface area is 117 Å². The van der Waals surface area contributed by atoms with Gasteiger partial charge in [0.1, 0.15) is 0 Å². The number of likely N-dealkylation sites (tertiary alicyclic amines) is 1. The molecule has 1 saturated carbocycles. The standard InChI is InChI=1S/C14H23F3N2O/c1-9(2)19-7-6-12(13(19)20)18-11-5-3-4-10(8-11)14(15,16)17/h9-12,18H,3-8H2,1-2H3/t10-,11+,12-/m0/s1. The van der Waals surface area contributed by atoms with Crippen molar-refractivity contribution in [3.63, 3.8) is 0 Å². The van der Waals surface area contributed by atoms with Crippen LogP contribution < -0.4 is 5.32 Å². The molecule has 1 N–H and O–H groups in total. The summed E-state index contributed by atoms with van der Waals surface area (Å²) in [6.45, 7) is 4.62. The van der Waals surface area contributed by atoms with Gasteiger partial charge in [-0.15, -0.1) is 0 Å². The third kappa shape index (κ3) is 3.45. The number of halogens is 3.